The normalized spacial score (nSPS) is 12.4. The molecule has 6 heteroatoms. The third-order valence-electron chi connectivity index (χ3n) is 2.96. The highest BCUT2D eigenvalue weighted by molar-refractivity contribution is 14.1. The van der Waals surface area contributed by atoms with E-state index in [1.807, 2.05) is 18.2 Å². The maximum absolute atomic E-state index is 13.5. The lowest BCUT2D eigenvalue weighted by molar-refractivity contribution is 0.546. The van der Waals surface area contributed by atoms with Crippen LogP contribution in [-0.2, 0) is 6.42 Å². The molecule has 0 aromatic heterocycles. The lowest BCUT2D eigenvalue weighted by Gasteiger charge is -2.18. The Labute approximate surface area is 140 Å². The highest BCUT2D eigenvalue weighted by Gasteiger charge is 2.15. The molecule has 2 aromatic carbocycles. The molecule has 1 atom stereocenters. The predicted molar refractivity (Wildman–Crippen MR) is 89.3 cm³/mol. The Morgan fingerprint density at radius 3 is 2.60 bits per heavy atom. The summed E-state index contributed by atoms with van der Waals surface area (Å²) in [6, 6.07) is 10.2. The van der Waals surface area contributed by atoms with Crippen molar-refractivity contribution in [2.24, 2.45) is 5.84 Å². The number of nitrogens with two attached hydrogens (primary N) is 1. The van der Waals surface area contributed by atoms with Crippen LogP contribution >= 0.6 is 45.8 Å². The predicted octanol–water partition coefficient (Wildman–Crippen LogP) is 4.48. The number of benzene rings is 2. The Hall–Kier alpha value is -0.400. The Morgan fingerprint density at radius 2 is 1.95 bits per heavy atom. The van der Waals surface area contributed by atoms with Gasteiger partial charge in [-0.3, -0.25) is 11.3 Å². The van der Waals surface area contributed by atoms with Crippen molar-refractivity contribution in [3.05, 3.63) is 67.0 Å². The SMILES string of the molecule is NNC(Cc1ccc(Cl)c(F)c1)c1cc(Cl)ccc1I. The van der Waals surface area contributed by atoms with Gasteiger partial charge in [0.15, 0.2) is 0 Å². The van der Waals surface area contributed by atoms with Crippen molar-refractivity contribution in [3.8, 4) is 0 Å². The van der Waals surface area contributed by atoms with Crippen molar-refractivity contribution in [3.63, 3.8) is 0 Å². The van der Waals surface area contributed by atoms with Crippen LogP contribution in [0.15, 0.2) is 36.4 Å². The highest BCUT2D eigenvalue weighted by atomic mass is 127. The molecule has 106 valence electrons. The summed E-state index contributed by atoms with van der Waals surface area (Å²) in [5.74, 6) is 5.19. The largest absolute Gasteiger partial charge is 0.271 e. The van der Waals surface area contributed by atoms with Gasteiger partial charge in [-0.1, -0.05) is 29.3 Å². The highest BCUT2D eigenvalue weighted by Crippen LogP contribution is 2.27. The molecule has 0 heterocycles. The van der Waals surface area contributed by atoms with Gasteiger partial charge in [0.2, 0.25) is 0 Å². The van der Waals surface area contributed by atoms with E-state index in [4.69, 9.17) is 29.0 Å². The summed E-state index contributed by atoms with van der Waals surface area (Å²) in [5, 5.41) is 0.756. The number of halogens is 4. The molecule has 1 unspecified atom stereocenters. The minimum atomic E-state index is -0.430. The fourth-order valence-electron chi connectivity index (χ4n) is 1.94. The van der Waals surface area contributed by atoms with Crippen LogP contribution < -0.4 is 11.3 Å². The Kier molecular flexibility index (Phi) is 5.63. The number of hydrogen-bond acceptors (Lipinski definition) is 2. The summed E-state index contributed by atoms with van der Waals surface area (Å²) in [6.07, 6.45) is 0.543. The molecule has 0 fully saturated rings. The summed E-state index contributed by atoms with van der Waals surface area (Å²) in [5.41, 5.74) is 4.54. The molecule has 0 saturated carbocycles. The molecular formula is C14H12Cl2FIN2. The topological polar surface area (TPSA) is 38.0 Å². The standard InChI is InChI=1S/C14H12Cl2FIN2/c15-9-2-4-13(18)10(7-9)14(20-19)6-8-1-3-11(16)12(17)5-8/h1-5,7,14,20H,6,19H2. The first-order valence-corrected chi connectivity index (χ1v) is 7.69. The molecule has 0 radical (unpaired) electrons. The van der Waals surface area contributed by atoms with Crippen LogP contribution in [0.2, 0.25) is 10.0 Å². The zero-order valence-electron chi connectivity index (χ0n) is 10.3. The van der Waals surface area contributed by atoms with E-state index in [1.165, 1.54) is 6.07 Å². The number of hydrogen-bond donors (Lipinski definition) is 2. The van der Waals surface area contributed by atoms with Crippen LogP contribution in [0.25, 0.3) is 0 Å². The van der Waals surface area contributed by atoms with Crippen molar-refractivity contribution in [2.75, 3.05) is 0 Å². The molecule has 2 aromatic rings. The van der Waals surface area contributed by atoms with Crippen molar-refractivity contribution >= 4 is 45.8 Å². The molecule has 20 heavy (non-hydrogen) atoms. The fourth-order valence-corrected chi connectivity index (χ4v) is 2.95. The second-order valence-corrected chi connectivity index (χ2v) is 6.34. The average molecular weight is 425 g/mol. The van der Waals surface area contributed by atoms with Gasteiger partial charge in [0.1, 0.15) is 5.82 Å². The van der Waals surface area contributed by atoms with Gasteiger partial charge < -0.3 is 0 Å². The summed E-state index contributed by atoms with van der Waals surface area (Å²) < 4.78 is 14.5. The number of hydrazine groups is 1. The molecular weight excluding hydrogens is 413 g/mol. The summed E-state index contributed by atoms with van der Waals surface area (Å²) in [6.45, 7) is 0. The third kappa shape index (κ3) is 3.83. The van der Waals surface area contributed by atoms with E-state index >= 15 is 0 Å². The van der Waals surface area contributed by atoms with Crippen molar-refractivity contribution in [1.29, 1.82) is 0 Å². The summed E-state index contributed by atoms with van der Waals surface area (Å²) in [4.78, 5) is 0. The monoisotopic (exact) mass is 424 g/mol. The zero-order valence-corrected chi connectivity index (χ0v) is 14.0. The molecule has 0 spiro atoms. The molecule has 2 nitrogen and oxygen atoms in total. The van der Waals surface area contributed by atoms with E-state index < -0.39 is 5.82 Å². The second kappa shape index (κ2) is 7.04. The van der Waals surface area contributed by atoms with E-state index in [1.54, 1.807) is 12.1 Å². The third-order valence-corrected chi connectivity index (χ3v) is 4.48. The Balaban J connectivity index is 2.28. The van der Waals surface area contributed by atoms with Crippen LogP contribution in [0, 0.1) is 9.39 Å². The first kappa shape index (κ1) is 16.0. The maximum atomic E-state index is 13.5. The molecule has 0 bridgehead atoms. The summed E-state index contributed by atoms with van der Waals surface area (Å²) >= 11 is 13.9. The van der Waals surface area contributed by atoms with Crippen LogP contribution in [0.3, 0.4) is 0 Å². The fraction of sp³-hybridized carbons (Fsp3) is 0.143. The van der Waals surface area contributed by atoms with Crippen LogP contribution in [-0.4, -0.2) is 0 Å². The van der Waals surface area contributed by atoms with Crippen LogP contribution in [0.1, 0.15) is 17.2 Å². The zero-order chi connectivity index (χ0) is 14.7. The number of rotatable bonds is 4. The molecule has 0 aliphatic rings. The van der Waals surface area contributed by atoms with Gasteiger partial charge in [0, 0.05) is 8.59 Å². The van der Waals surface area contributed by atoms with Crippen LogP contribution in [0.4, 0.5) is 4.39 Å². The van der Waals surface area contributed by atoms with E-state index in [0.29, 0.717) is 11.4 Å². The van der Waals surface area contributed by atoms with Crippen LogP contribution in [0.5, 0.6) is 0 Å². The molecule has 0 aliphatic carbocycles. The molecule has 0 amide bonds. The smallest absolute Gasteiger partial charge is 0.142 e. The van der Waals surface area contributed by atoms with E-state index in [9.17, 15) is 4.39 Å². The van der Waals surface area contributed by atoms with Gasteiger partial charge in [0.05, 0.1) is 11.1 Å². The lowest BCUT2D eigenvalue weighted by Crippen LogP contribution is -2.30. The van der Waals surface area contributed by atoms with Crippen molar-refractivity contribution in [2.45, 2.75) is 12.5 Å². The van der Waals surface area contributed by atoms with Gasteiger partial charge in [0.25, 0.3) is 0 Å². The van der Waals surface area contributed by atoms with Crippen molar-refractivity contribution < 1.29 is 4.39 Å². The lowest BCUT2D eigenvalue weighted by atomic mass is 9.99. The Bertz CT molecular complexity index is 622. The Morgan fingerprint density at radius 1 is 1.20 bits per heavy atom. The average Bonchev–Trinajstić information content (AvgIpc) is 2.43. The van der Waals surface area contributed by atoms with Gasteiger partial charge in [-0.25, -0.2) is 4.39 Å². The molecule has 3 N–H and O–H groups in total. The molecule has 2 rings (SSSR count). The number of nitrogens with one attached hydrogen (secondary N) is 1. The quantitative estimate of drug-likeness (QED) is 0.431. The first-order chi connectivity index (χ1) is 9.51. The van der Waals surface area contributed by atoms with E-state index in [0.717, 1.165) is 14.7 Å². The van der Waals surface area contributed by atoms with Gasteiger partial charge in [-0.15, -0.1) is 0 Å². The maximum Gasteiger partial charge on any atom is 0.142 e. The second-order valence-electron chi connectivity index (χ2n) is 4.34. The van der Waals surface area contributed by atoms with Gasteiger partial charge in [-0.05, 0) is 70.5 Å². The minimum Gasteiger partial charge on any atom is -0.271 e. The summed E-state index contributed by atoms with van der Waals surface area (Å²) in [7, 11) is 0. The van der Waals surface area contributed by atoms with E-state index in [2.05, 4.69) is 28.0 Å². The van der Waals surface area contributed by atoms with E-state index in [-0.39, 0.29) is 11.1 Å². The molecule has 0 saturated heterocycles. The first-order valence-electron chi connectivity index (χ1n) is 5.86. The van der Waals surface area contributed by atoms with Gasteiger partial charge >= 0.3 is 0 Å². The van der Waals surface area contributed by atoms with Gasteiger partial charge in [-0.2, -0.15) is 0 Å². The minimum absolute atomic E-state index is 0.114. The van der Waals surface area contributed by atoms with Crippen molar-refractivity contribution in [1.82, 2.24) is 5.43 Å². The molecule has 0 aliphatic heterocycles.